The van der Waals surface area contributed by atoms with Crippen molar-refractivity contribution >= 4 is 11.5 Å². The van der Waals surface area contributed by atoms with E-state index in [1.54, 1.807) is 6.20 Å². The van der Waals surface area contributed by atoms with E-state index < -0.39 is 0 Å². The fourth-order valence-corrected chi connectivity index (χ4v) is 0.773. The number of nitrogens with zero attached hydrogens (tertiary/aromatic N) is 3. The van der Waals surface area contributed by atoms with E-state index in [0.717, 1.165) is 11.5 Å². The van der Waals surface area contributed by atoms with Crippen LogP contribution in [0.15, 0.2) is 12.5 Å². The predicted octanol–water partition coefficient (Wildman–Crippen LogP) is 2.34. The average Bonchev–Trinajstić information content (AvgIpc) is 2.55. The quantitative estimate of drug-likeness (QED) is 0.724. The van der Waals surface area contributed by atoms with Crippen molar-refractivity contribution in [3.63, 3.8) is 0 Å². The van der Waals surface area contributed by atoms with E-state index in [-0.39, 0.29) is 40.1 Å². The van der Waals surface area contributed by atoms with Crippen molar-refractivity contribution in [2.45, 2.75) is 13.8 Å². The Balaban J connectivity index is 0. The average molecular weight is 255 g/mol. The monoisotopic (exact) mass is 255 g/mol. The molecule has 2 heterocycles. The molecule has 0 aliphatic carbocycles. The zero-order chi connectivity index (χ0) is 8.10. The standard InChI is InChI=1S/C5H5N4.C2H6.CH3.Y/c1-4-5(8-2-6-1)9-3-7-4;1-2;;/h1-2,7H,3H2;1-2H3;1H3;/q-1;;-1;. The van der Waals surface area contributed by atoms with Crippen LogP contribution in [0.5, 0.6) is 0 Å². The van der Waals surface area contributed by atoms with E-state index >= 15 is 0 Å². The molecule has 2 rings (SSSR count). The van der Waals surface area contributed by atoms with Gasteiger partial charge in [-0.1, -0.05) is 13.8 Å². The maximum atomic E-state index is 4.04. The third-order valence-corrected chi connectivity index (χ3v) is 1.19. The number of hydrogen-bond acceptors (Lipinski definition) is 3. The van der Waals surface area contributed by atoms with E-state index in [9.17, 15) is 0 Å². The summed E-state index contributed by atoms with van der Waals surface area (Å²) < 4.78 is 0. The number of nitrogens with one attached hydrogen (secondary N) is 1. The molecule has 4 nitrogen and oxygen atoms in total. The molecule has 0 amide bonds. The SMILES string of the molecule is CC.[CH3-].[Y].c1ncc2c(n1)[N-]CN2. The summed E-state index contributed by atoms with van der Waals surface area (Å²) in [6.45, 7) is 4.63. The first-order valence-corrected chi connectivity index (χ1v) is 3.68. The molecule has 0 atom stereocenters. The molecule has 71 valence electrons. The summed E-state index contributed by atoms with van der Waals surface area (Å²) in [7, 11) is 0. The number of rotatable bonds is 0. The first-order valence-electron chi connectivity index (χ1n) is 3.68. The van der Waals surface area contributed by atoms with Gasteiger partial charge in [-0.05, 0) is 5.82 Å². The van der Waals surface area contributed by atoms with Gasteiger partial charge in [-0.25, -0.2) is 0 Å². The Morgan fingerprint density at radius 3 is 2.77 bits per heavy atom. The summed E-state index contributed by atoms with van der Waals surface area (Å²) in [5, 5.41) is 7.05. The van der Waals surface area contributed by atoms with Crippen molar-refractivity contribution in [2.75, 3.05) is 12.0 Å². The Morgan fingerprint density at radius 2 is 2.15 bits per heavy atom. The van der Waals surface area contributed by atoms with Gasteiger partial charge in [-0.15, -0.1) is 0 Å². The minimum Gasteiger partial charge on any atom is -0.445 e. The minimum absolute atomic E-state index is 0. The molecule has 1 aromatic rings. The fraction of sp³-hybridized carbons (Fsp3) is 0.375. The second-order valence-electron chi connectivity index (χ2n) is 1.75. The van der Waals surface area contributed by atoms with Gasteiger partial charge in [0.15, 0.2) is 0 Å². The molecular formula is C8H14N4Y-2. The van der Waals surface area contributed by atoms with Crippen LogP contribution in [-0.4, -0.2) is 16.6 Å². The van der Waals surface area contributed by atoms with Gasteiger partial charge in [0.05, 0.1) is 5.69 Å². The van der Waals surface area contributed by atoms with Crippen molar-refractivity contribution in [2.24, 2.45) is 0 Å². The fourth-order valence-electron chi connectivity index (χ4n) is 0.773. The Kier molecular flexibility index (Phi) is 9.85. The van der Waals surface area contributed by atoms with Crippen molar-refractivity contribution in [1.82, 2.24) is 9.97 Å². The van der Waals surface area contributed by atoms with Crippen LogP contribution in [0.4, 0.5) is 11.5 Å². The zero-order valence-electron chi connectivity index (χ0n) is 8.28. The number of fused-ring (bicyclic) bond motifs is 1. The molecule has 5 heteroatoms. The molecule has 0 bridgehead atoms. The summed E-state index contributed by atoms with van der Waals surface area (Å²) in [6.07, 6.45) is 3.22. The molecule has 1 aliphatic heterocycles. The van der Waals surface area contributed by atoms with Crippen LogP contribution in [0, 0.1) is 7.43 Å². The molecule has 0 saturated heterocycles. The molecule has 0 spiro atoms. The van der Waals surface area contributed by atoms with E-state index in [1.165, 1.54) is 6.33 Å². The second kappa shape index (κ2) is 8.39. The van der Waals surface area contributed by atoms with Crippen molar-refractivity contribution in [3.8, 4) is 0 Å². The van der Waals surface area contributed by atoms with E-state index in [0.29, 0.717) is 6.67 Å². The molecule has 0 saturated carbocycles. The van der Waals surface area contributed by atoms with Gasteiger partial charge in [0.25, 0.3) is 0 Å². The molecule has 1 N–H and O–H groups in total. The van der Waals surface area contributed by atoms with E-state index in [4.69, 9.17) is 0 Å². The summed E-state index contributed by atoms with van der Waals surface area (Å²) in [6, 6.07) is 0. The van der Waals surface area contributed by atoms with Crippen LogP contribution >= 0.6 is 0 Å². The van der Waals surface area contributed by atoms with Crippen molar-refractivity contribution < 1.29 is 32.7 Å². The molecule has 0 aromatic carbocycles. The second-order valence-corrected chi connectivity index (χ2v) is 1.75. The third-order valence-electron chi connectivity index (χ3n) is 1.19. The Morgan fingerprint density at radius 1 is 1.46 bits per heavy atom. The smallest absolute Gasteiger partial charge is 0.0514 e. The number of aromatic nitrogens is 2. The van der Waals surface area contributed by atoms with Crippen LogP contribution in [0.2, 0.25) is 0 Å². The van der Waals surface area contributed by atoms with E-state index in [1.807, 2.05) is 13.8 Å². The van der Waals surface area contributed by atoms with Crippen molar-refractivity contribution in [3.05, 3.63) is 25.3 Å². The van der Waals surface area contributed by atoms with Gasteiger partial charge in [0.2, 0.25) is 0 Å². The number of hydrogen-bond donors (Lipinski definition) is 1. The molecule has 1 radical (unpaired) electrons. The van der Waals surface area contributed by atoms with Crippen LogP contribution in [0.1, 0.15) is 13.8 Å². The maximum absolute atomic E-state index is 4.04. The largest absolute Gasteiger partial charge is 0.445 e. The Bertz CT molecular complexity index is 206. The predicted molar refractivity (Wildman–Crippen MR) is 51.3 cm³/mol. The first kappa shape index (κ1) is 15.3. The van der Waals surface area contributed by atoms with Crippen molar-refractivity contribution in [1.29, 1.82) is 0 Å². The molecule has 1 aromatic heterocycles. The summed E-state index contributed by atoms with van der Waals surface area (Å²) >= 11 is 0. The van der Waals surface area contributed by atoms with Gasteiger partial charge in [-0.3, -0.25) is 4.98 Å². The normalized spacial score (nSPS) is 10.0. The van der Waals surface area contributed by atoms with Crippen LogP contribution in [0.3, 0.4) is 0 Å². The van der Waals surface area contributed by atoms with Crippen LogP contribution in [0.25, 0.3) is 5.32 Å². The van der Waals surface area contributed by atoms with Gasteiger partial charge < -0.3 is 23.0 Å². The van der Waals surface area contributed by atoms with E-state index in [2.05, 4.69) is 20.6 Å². The molecule has 13 heavy (non-hydrogen) atoms. The molecule has 0 fully saturated rings. The Labute approximate surface area is 105 Å². The molecule has 0 unspecified atom stereocenters. The Hall–Kier alpha value is -0.216. The zero-order valence-corrected chi connectivity index (χ0v) is 11.1. The topological polar surface area (TPSA) is 51.9 Å². The van der Waals surface area contributed by atoms with Gasteiger partial charge in [0.1, 0.15) is 0 Å². The summed E-state index contributed by atoms with van der Waals surface area (Å²) in [5.74, 6) is 0.769. The maximum Gasteiger partial charge on any atom is 0.0514 e. The van der Waals surface area contributed by atoms with Gasteiger partial charge >= 0.3 is 0 Å². The van der Waals surface area contributed by atoms with Crippen LogP contribution < -0.4 is 5.32 Å². The summed E-state index contributed by atoms with van der Waals surface area (Å²) in [4.78, 5) is 7.74. The summed E-state index contributed by atoms with van der Waals surface area (Å²) in [5.41, 5.74) is 0.928. The molecular weight excluding hydrogens is 241 g/mol. The number of anilines is 1. The third kappa shape index (κ3) is 4.00. The van der Waals surface area contributed by atoms with Gasteiger partial charge in [0, 0.05) is 51.9 Å². The van der Waals surface area contributed by atoms with Crippen LogP contribution in [-0.2, 0) is 32.7 Å². The minimum atomic E-state index is 0. The molecule has 1 aliphatic rings. The van der Waals surface area contributed by atoms with Gasteiger partial charge in [-0.2, -0.15) is 0 Å². The first-order chi connectivity index (χ1) is 5.47.